The molecule has 6 heteroatoms. The minimum atomic E-state index is -4.71. The minimum absolute atomic E-state index is 0.520. The Hall–Kier alpha value is -0.390. The first-order valence-electron chi connectivity index (χ1n) is 2.34. The van der Waals surface area contributed by atoms with Crippen LogP contribution in [-0.2, 0) is 4.74 Å². The molecule has 0 saturated heterocycles. The Morgan fingerprint density at radius 1 is 1.20 bits per heavy atom. The van der Waals surface area contributed by atoms with Crippen LogP contribution in [-0.4, -0.2) is 18.9 Å². The van der Waals surface area contributed by atoms with Gasteiger partial charge in [0, 0.05) is 0 Å². The highest BCUT2D eigenvalue weighted by molar-refractivity contribution is 4.59. The Kier molecular flexibility index (Phi) is 3.01. The molecule has 0 aromatic heterocycles. The molecule has 0 aliphatic heterocycles. The molecular weight excluding hydrogens is 159 g/mol. The molecule has 0 aliphatic rings. The lowest BCUT2D eigenvalue weighted by atomic mass is 10.4. The van der Waals surface area contributed by atoms with Crippen molar-refractivity contribution in [3.05, 3.63) is 0 Å². The number of rotatable bonds is 2. The highest BCUT2D eigenvalue weighted by atomic mass is 19.4. The van der Waals surface area contributed by atoms with E-state index in [1.54, 1.807) is 0 Å². The molecule has 0 amide bonds. The number of hydrogen-bond acceptors (Lipinski definition) is 1. The third-order valence-electron chi connectivity index (χ3n) is 0.768. The van der Waals surface area contributed by atoms with Gasteiger partial charge in [-0.2, -0.15) is 22.0 Å². The molecule has 0 rings (SSSR count). The van der Waals surface area contributed by atoms with Crippen molar-refractivity contribution in [3.63, 3.8) is 0 Å². The fraction of sp³-hybridized carbons (Fsp3) is 1.00. The fourth-order valence-corrected chi connectivity index (χ4v) is 0.231. The summed E-state index contributed by atoms with van der Waals surface area (Å²) < 4.78 is 59.4. The van der Waals surface area contributed by atoms with Gasteiger partial charge in [0.1, 0.15) is 0 Å². The van der Waals surface area contributed by atoms with Crippen molar-refractivity contribution in [1.82, 2.24) is 0 Å². The van der Waals surface area contributed by atoms with E-state index in [-0.39, 0.29) is 0 Å². The van der Waals surface area contributed by atoms with E-state index in [0.717, 1.165) is 0 Å². The Labute approximate surface area is 53.8 Å². The molecule has 0 bridgehead atoms. The maximum absolute atomic E-state index is 11.4. The van der Waals surface area contributed by atoms with Gasteiger partial charge in [0.25, 0.3) is 0 Å². The van der Waals surface area contributed by atoms with Gasteiger partial charge in [-0.1, -0.05) is 0 Å². The molecule has 0 aromatic rings. The fourth-order valence-electron chi connectivity index (χ4n) is 0.231. The Balaban J connectivity index is 3.73. The summed E-state index contributed by atoms with van der Waals surface area (Å²) >= 11 is 0. The van der Waals surface area contributed by atoms with E-state index >= 15 is 0 Å². The van der Waals surface area contributed by atoms with Crippen molar-refractivity contribution in [2.45, 2.75) is 25.8 Å². The Morgan fingerprint density at radius 2 is 1.60 bits per heavy atom. The van der Waals surface area contributed by atoms with Crippen LogP contribution in [0.2, 0.25) is 0 Å². The lowest BCUT2D eigenvalue weighted by Crippen LogP contribution is -2.30. The Bertz CT molecular complexity index is 98.3. The summed E-state index contributed by atoms with van der Waals surface area (Å²) in [5, 5.41) is 0. The molecule has 0 fully saturated rings. The van der Waals surface area contributed by atoms with E-state index in [1.807, 2.05) is 0 Å². The quantitative estimate of drug-likeness (QED) is 0.568. The third-order valence-corrected chi connectivity index (χ3v) is 0.768. The number of halogens is 5. The topological polar surface area (TPSA) is 9.23 Å². The second kappa shape index (κ2) is 3.14. The van der Waals surface area contributed by atoms with Crippen molar-refractivity contribution >= 4 is 0 Å². The molecule has 1 unspecified atom stereocenters. The van der Waals surface area contributed by atoms with Gasteiger partial charge in [-0.3, -0.25) is 0 Å². The second-order valence-corrected chi connectivity index (χ2v) is 1.58. The second-order valence-electron chi connectivity index (χ2n) is 1.58. The van der Waals surface area contributed by atoms with Gasteiger partial charge in [-0.25, -0.2) is 0 Å². The predicted molar refractivity (Wildman–Crippen MR) is 22.6 cm³/mol. The van der Waals surface area contributed by atoms with Gasteiger partial charge >= 0.3 is 12.8 Å². The number of ether oxygens (including phenoxy) is 1. The molecule has 0 N–H and O–H groups in total. The van der Waals surface area contributed by atoms with Crippen LogP contribution in [0.1, 0.15) is 6.92 Å². The monoisotopic (exact) mass is 164 g/mol. The molecule has 1 nitrogen and oxygen atoms in total. The summed E-state index contributed by atoms with van der Waals surface area (Å²) in [6, 6.07) is 0. The molecule has 0 aliphatic carbocycles. The van der Waals surface area contributed by atoms with E-state index in [2.05, 4.69) is 4.74 Å². The zero-order chi connectivity index (χ0) is 8.36. The maximum atomic E-state index is 11.4. The molecular formula is C4H5F5O. The average molecular weight is 164 g/mol. The Morgan fingerprint density at radius 3 is 1.70 bits per heavy atom. The summed E-state index contributed by atoms with van der Waals surface area (Å²) in [5.41, 5.74) is 0. The van der Waals surface area contributed by atoms with Gasteiger partial charge in [-0.05, 0) is 6.92 Å². The highest BCUT2D eigenvalue weighted by Gasteiger charge is 2.38. The standard InChI is InChI=1S/C4H5F5O/c1-2(4(7,8)9)10-3(5)6/h2-3H,1H3. The van der Waals surface area contributed by atoms with E-state index in [1.165, 1.54) is 0 Å². The lowest BCUT2D eigenvalue weighted by Gasteiger charge is -2.14. The van der Waals surface area contributed by atoms with Crippen molar-refractivity contribution < 1.29 is 26.7 Å². The summed E-state index contributed by atoms with van der Waals surface area (Å²) in [6.07, 6.45) is -7.12. The highest BCUT2D eigenvalue weighted by Crippen LogP contribution is 2.23. The van der Waals surface area contributed by atoms with Crippen molar-refractivity contribution in [1.29, 1.82) is 0 Å². The zero-order valence-electron chi connectivity index (χ0n) is 4.95. The first-order valence-corrected chi connectivity index (χ1v) is 2.34. The molecule has 62 valence electrons. The molecule has 0 saturated carbocycles. The molecule has 1 atom stereocenters. The SMILES string of the molecule is CC(OC(F)F)C(F)(F)F. The van der Waals surface area contributed by atoms with E-state index < -0.39 is 18.9 Å². The van der Waals surface area contributed by atoms with E-state index in [4.69, 9.17) is 0 Å². The molecule has 10 heavy (non-hydrogen) atoms. The number of hydrogen-bond donors (Lipinski definition) is 0. The minimum Gasteiger partial charge on any atom is -0.310 e. The van der Waals surface area contributed by atoms with Crippen LogP contribution >= 0.6 is 0 Å². The summed E-state index contributed by atoms with van der Waals surface area (Å²) in [7, 11) is 0. The first kappa shape index (κ1) is 9.61. The van der Waals surface area contributed by atoms with Crippen molar-refractivity contribution in [3.8, 4) is 0 Å². The largest absolute Gasteiger partial charge is 0.414 e. The van der Waals surface area contributed by atoms with E-state index in [0.29, 0.717) is 6.92 Å². The molecule has 0 heterocycles. The van der Waals surface area contributed by atoms with Crippen LogP contribution in [0.15, 0.2) is 0 Å². The van der Waals surface area contributed by atoms with Gasteiger partial charge < -0.3 is 4.74 Å². The van der Waals surface area contributed by atoms with Crippen molar-refractivity contribution in [2.24, 2.45) is 0 Å². The number of alkyl halides is 5. The normalized spacial score (nSPS) is 15.9. The smallest absolute Gasteiger partial charge is 0.310 e. The van der Waals surface area contributed by atoms with Gasteiger partial charge in [0.2, 0.25) is 0 Å². The summed E-state index contributed by atoms with van der Waals surface area (Å²) in [6.45, 7) is -2.86. The van der Waals surface area contributed by atoms with Crippen LogP contribution in [0.25, 0.3) is 0 Å². The first-order chi connectivity index (χ1) is 4.34. The average Bonchev–Trinajstić information content (AvgIpc) is 1.60. The third kappa shape index (κ3) is 3.60. The zero-order valence-corrected chi connectivity index (χ0v) is 4.95. The molecule has 0 aromatic carbocycles. The van der Waals surface area contributed by atoms with Gasteiger partial charge in [0.05, 0.1) is 0 Å². The van der Waals surface area contributed by atoms with Crippen molar-refractivity contribution in [2.75, 3.05) is 0 Å². The maximum Gasteiger partial charge on any atom is 0.414 e. The lowest BCUT2D eigenvalue weighted by molar-refractivity contribution is -0.267. The van der Waals surface area contributed by atoms with Gasteiger partial charge in [0.15, 0.2) is 6.10 Å². The summed E-state index contributed by atoms with van der Waals surface area (Å²) in [5.74, 6) is 0. The van der Waals surface area contributed by atoms with Gasteiger partial charge in [-0.15, -0.1) is 0 Å². The molecule has 0 radical (unpaired) electrons. The summed E-state index contributed by atoms with van der Waals surface area (Å²) in [4.78, 5) is 0. The van der Waals surface area contributed by atoms with Crippen LogP contribution in [0.4, 0.5) is 22.0 Å². The van der Waals surface area contributed by atoms with Crippen LogP contribution < -0.4 is 0 Å². The van der Waals surface area contributed by atoms with Crippen LogP contribution in [0.5, 0.6) is 0 Å². The van der Waals surface area contributed by atoms with E-state index in [9.17, 15) is 22.0 Å². The molecule has 0 spiro atoms. The van der Waals surface area contributed by atoms with Crippen LogP contribution in [0.3, 0.4) is 0 Å². The predicted octanol–water partition coefficient (Wildman–Crippen LogP) is 2.18. The van der Waals surface area contributed by atoms with Crippen LogP contribution in [0, 0.1) is 0 Å².